The Morgan fingerprint density at radius 3 is 2.75 bits per heavy atom. The van der Waals surface area contributed by atoms with Gasteiger partial charge >= 0.3 is 0 Å². The van der Waals surface area contributed by atoms with Crippen LogP contribution in [0.1, 0.15) is 35.2 Å². The Hall–Kier alpha value is -1.94. The van der Waals surface area contributed by atoms with Crippen LogP contribution in [0.15, 0.2) is 24.8 Å². The van der Waals surface area contributed by atoms with Gasteiger partial charge in [0.05, 0.1) is 6.54 Å². The van der Waals surface area contributed by atoms with Gasteiger partial charge in [0.1, 0.15) is 0 Å². The highest BCUT2D eigenvalue weighted by Gasteiger charge is 2.24. The second-order valence-corrected chi connectivity index (χ2v) is 5.45. The number of benzene rings is 1. The van der Waals surface area contributed by atoms with E-state index in [9.17, 15) is 9.59 Å². The molecule has 1 amide bonds. The Balaban J connectivity index is 1.76. The summed E-state index contributed by atoms with van der Waals surface area (Å²) in [6, 6.07) is 5.35. The zero-order valence-electron chi connectivity index (χ0n) is 11.4. The minimum atomic E-state index is -0.180. The summed E-state index contributed by atoms with van der Waals surface area (Å²) in [4.78, 5) is 26.1. The van der Waals surface area contributed by atoms with E-state index in [4.69, 9.17) is 0 Å². The number of nitrogens with zero attached hydrogens (tertiary/aromatic N) is 1. The van der Waals surface area contributed by atoms with Gasteiger partial charge in [-0.25, -0.2) is 0 Å². The number of carbonyl (C=O) groups excluding carboxylic acids is 2. The predicted molar refractivity (Wildman–Crippen MR) is 78.7 cm³/mol. The highest BCUT2D eigenvalue weighted by atomic mass is 16.2. The van der Waals surface area contributed by atoms with Crippen molar-refractivity contribution in [2.75, 3.05) is 25.0 Å². The number of amides is 1. The number of fused-ring (bicyclic) bond motifs is 1. The summed E-state index contributed by atoms with van der Waals surface area (Å²) in [6.07, 6.45) is 3.61. The third-order valence-electron chi connectivity index (χ3n) is 4.00. The van der Waals surface area contributed by atoms with Gasteiger partial charge in [-0.2, -0.15) is 0 Å². The summed E-state index contributed by atoms with van der Waals surface area (Å²) < 4.78 is 0. The summed E-state index contributed by atoms with van der Waals surface area (Å²) in [7, 11) is 0. The highest BCUT2D eigenvalue weighted by molar-refractivity contribution is 6.31. The van der Waals surface area contributed by atoms with Gasteiger partial charge in [0.15, 0.2) is 5.78 Å². The predicted octanol–water partition coefficient (Wildman–Crippen LogP) is 2.32. The maximum absolute atomic E-state index is 12.3. The molecule has 1 aromatic rings. The molecule has 1 saturated heterocycles. The second kappa shape index (κ2) is 5.21. The van der Waals surface area contributed by atoms with E-state index in [0.29, 0.717) is 17.7 Å². The lowest BCUT2D eigenvalue weighted by atomic mass is 10.0. The van der Waals surface area contributed by atoms with Crippen molar-refractivity contribution in [3.8, 4) is 0 Å². The van der Waals surface area contributed by atoms with Crippen LogP contribution in [0.5, 0.6) is 0 Å². The molecule has 2 aliphatic heterocycles. The van der Waals surface area contributed by atoms with E-state index in [1.165, 1.54) is 19.3 Å². The first-order chi connectivity index (χ1) is 9.65. The quantitative estimate of drug-likeness (QED) is 0.677. The van der Waals surface area contributed by atoms with Crippen molar-refractivity contribution in [3.05, 3.63) is 35.9 Å². The number of anilines is 1. The van der Waals surface area contributed by atoms with Crippen molar-refractivity contribution < 1.29 is 9.59 Å². The Labute approximate surface area is 118 Å². The Morgan fingerprint density at radius 2 is 2.00 bits per heavy atom. The lowest BCUT2D eigenvalue weighted by Crippen LogP contribution is -2.34. The molecular weight excluding hydrogens is 252 g/mol. The molecule has 104 valence electrons. The maximum atomic E-state index is 12.3. The van der Waals surface area contributed by atoms with Crippen LogP contribution in [0.4, 0.5) is 5.69 Å². The van der Waals surface area contributed by atoms with E-state index in [1.54, 1.807) is 18.2 Å². The van der Waals surface area contributed by atoms with Gasteiger partial charge in [-0.15, -0.1) is 0 Å². The van der Waals surface area contributed by atoms with Crippen LogP contribution in [0.2, 0.25) is 0 Å². The number of nitrogens with one attached hydrogen (secondary N) is 1. The summed E-state index contributed by atoms with van der Waals surface area (Å²) in [6.45, 7) is 6.23. The van der Waals surface area contributed by atoms with Crippen molar-refractivity contribution in [3.63, 3.8) is 0 Å². The van der Waals surface area contributed by atoms with E-state index in [1.807, 2.05) is 0 Å². The van der Waals surface area contributed by atoms with Gasteiger partial charge in [0, 0.05) is 22.4 Å². The number of hydrogen-bond donors (Lipinski definition) is 1. The largest absolute Gasteiger partial charge is 0.321 e. The average Bonchev–Trinajstić information content (AvgIpc) is 2.75. The van der Waals surface area contributed by atoms with Crippen molar-refractivity contribution in [2.24, 2.45) is 0 Å². The fourth-order valence-electron chi connectivity index (χ4n) is 2.81. The first kappa shape index (κ1) is 13.1. The van der Waals surface area contributed by atoms with Crippen molar-refractivity contribution in [1.29, 1.82) is 0 Å². The maximum Gasteiger partial charge on any atom is 0.255 e. The molecule has 0 saturated carbocycles. The molecule has 20 heavy (non-hydrogen) atoms. The molecule has 2 aliphatic rings. The molecule has 0 unspecified atom stereocenters. The Morgan fingerprint density at radius 1 is 1.25 bits per heavy atom. The molecule has 0 aliphatic carbocycles. The van der Waals surface area contributed by atoms with Gasteiger partial charge in [0.25, 0.3) is 5.91 Å². The molecule has 0 spiro atoms. The zero-order chi connectivity index (χ0) is 14.1. The van der Waals surface area contributed by atoms with E-state index in [-0.39, 0.29) is 11.7 Å². The number of piperidine rings is 1. The van der Waals surface area contributed by atoms with Crippen molar-refractivity contribution in [2.45, 2.75) is 19.3 Å². The fourth-order valence-corrected chi connectivity index (χ4v) is 2.81. The van der Waals surface area contributed by atoms with Gasteiger partial charge in [0.2, 0.25) is 0 Å². The lowest BCUT2D eigenvalue weighted by molar-refractivity contribution is -0.110. The van der Waals surface area contributed by atoms with Crippen molar-refractivity contribution >= 4 is 23.0 Å². The molecule has 0 radical (unpaired) electrons. The number of hydrogen-bond acceptors (Lipinski definition) is 3. The summed E-state index contributed by atoms with van der Waals surface area (Å²) in [5.74, 6) is -0.0671. The average molecular weight is 270 g/mol. The Kier molecular flexibility index (Phi) is 3.40. The molecule has 2 heterocycles. The van der Waals surface area contributed by atoms with Crippen LogP contribution in [-0.2, 0) is 4.79 Å². The van der Waals surface area contributed by atoms with E-state index >= 15 is 0 Å². The summed E-state index contributed by atoms with van der Waals surface area (Å²) >= 11 is 0. The molecule has 0 atom stereocenters. The molecule has 1 aromatic carbocycles. The van der Waals surface area contributed by atoms with Gasteiger partial charge in [-0.3, -0.25) is 14.5 Å². The van der Waals surface area contributed by atoms with Crippen LogP contribution >= 0.6 is 0 Å². The number of Topliss-reactive ketones (excluding diaryl/α,β-unsaturated/α-hetero) is 1. The zero-order valence-corrected chi connectivity index (χ0v) is 11.4. The van der Waals surface area contributed by atoms with E-state index in [0.717, 1.165) is 24.3 Å². The van der Waals surface area contributed by atoms with Crippen LogP contribution in [0.3, 0.4) is 0 Å². The van der Waals surface area contributed by atoms with Crippen LogP contribution in [-0.4, -0.2) is 36.2 Å². The normalized spacial score (nSPS) is 18.8. The third-order valence-corrected chi connectivity index (χ3v) is 4.00. The Bertz CT molecular complexity index is 586. The molecule has 1 N–H and O–H groups in total. The summed E-state index contributed by atoms with van der Waals surface area (Å²) in [5, 5.41) is 2.73. The van der Waals surface area contributed by atoms with E-state index < -0.39 is 0 Å². The molecular formula is C16H18N2O2. The first-order valence-corrected chi connectivity index (χ1v) is 7.05. The fraction of sp³-hybridized carbons (Fsp3) is 0.375. The molecule has 0 bridgehead atoms. The van der Waals surface area contributed by atoms with E-state index in [2.05, 4.69) is 16.8 Å². The lowest BCUT2D eigenvalue weighted by Gasteiger charge is -2.25. The van der Waals surface area contributed by atoms with Crippen molar-refractivity contribution in [1.82, 2.24) is 4.90 Å². The van der Waals surface area contributed by atoms with Gasteiger partial charge in [-0.05, 0) is 44.1 Å². The topological polar surface area (TPSA) is 49.4 Å². The summed E-state index contributed by atoms with van der Waals surface area (Å²) in [5.41, 5.74) is 2.59. The van der Waals surface area contributed by atoms with Crippen LogP contribution in [0.25, 0.3) is 5.57 Å². The van der Waals surface area contributed by atoms with Gasteiger partial charge < -0.3 is 5.32 Å². The number of likely N-dealkylation sites (tertiary alicyclic amines) is 1. The first-order valence-electron chi connectivity index (χ1n) is 7.05. The second-order valence-electron chi connectivity index (χ2n) is 5.45. The van der Waals surface area contributed by atoms with Crippen LogP contribution in [0, 0.1) is 0 Å². The SMILES string of the molecule is C=C1C(=O)Nc2ccc(C(=O)CN3CCCCC3)cc21. The third kappa shape index (κ3) is 2.39. The number of ketones is 1. The van der Waals surface area contributed by atoms with Gasteiger partial charge in [-0.1, -0.05) is 13.0 Å². The molecule has 4 nitrogen and oxygen atoms in total. The molecule has 1 fully saturated rings. The number of rotatable bonds is 3. The monoisotopic (exact) mass is 270 g/mol. The number of carbonyl (C=O) groups is 2. The molecule has 0 aromatic heterocycles. The standard InChI is InChI=1S/C16H18N2O2/c1-11-13-9-12(5-6-14(13)17-16(11)20)15(19)10-18-7-3-2-4-8-18/h5-6,9H,1-4,7-8,10H2,(H,17,20). The smallest absolute Gasteiger partial charge is 0.255 e. The molecule has 3 rings (SSSR count). The molecule has 4 heteroatoms. The highest BCUT2D eigenvalue weighted by Crippen LogP contribution is 2.31. The minimum Gasteiger partial charge on any atom is -0.321 e. The minimum absolute atomic E-state index is 0.113. The van der Waals surface area contributed by atoms with Crippen LogP contribution < -0.4 is 5.32 Å².